The first-order valence-electron chi connectivity index (χ1n) is 7.94. The number of pyridine rings is 1. The number of ether oxygens (including phenoxy) is 1. The average molecular weight is 339 g/mol. The third-order valence-electron chi connectivity index (χ3n) is 4.16. The maximum absolute atomic E-state index is 12.3. The fourth-order valence-corrected chi connectivity index (χ4v) is 2.83. The number of hydrogen-bond acceptors (Lipinski definition) is 4. The lowest BCUT2D eigenvalue weighted by Gasteiger charge is -2.30. The third-order valence-corrected chi connectivity index (χ3v) is 4.16. The summed E-state index contributed by atoms with van der Waals surface area (Å²) in [7, 11) is 0. The van der Waals surface area contributed by atoms with Crippen molar-refractivity contribution >= 4 is 6.09 Å². The SMILES string of the molecule is N#Cc1cccc(-n2ccc(OC3CCN(C(=O)O)CC3)cc2=O)c1. The molecule has 0 bridgehead atoms. The number of amides is 1. The molecule has 2 heterocycles. The van der Waals surface area contributed by atoms with Crippen molar-refractivity contribution in [3.05, 3.63) is 58.5 Å². The van der Waals surface area contributed by atoms with E-state index in [2.05, 4.69) is 0 Å². The molecule has 1 N–H and O–H groups in total. The molecule has 0 radical (unpaired) electrons. The van der Waals surface area contributed by atoms with Crippen molar-refractivity contribution in [1.29, 1.82) is 5.26 Å². The molecule has 25 heavy (non-hydrogen) atoms. The summed E-state index contributed by atoms with van der Waals surface area (Å²) >= 11 is 0. The van der Waals surface area contributed by atoms with Gasteiger partial charge in [0.2, 0.25) is 0 Å². The summed E-state index contributed by atoms with van der Waals surface area (Å²) in [5.74, 6) is 0.464. The maximum Gasteiger partial charge on any atom is 0.407 e. The number of aromatic nitrogens is 1. The number of hydrogen-bond donors (Lipinski definition) is 1. The Morgan fingerprint density at radius 3 is 2.64 bits per heavy atom. The predicted octanol–water partition coefficient (Wildman–Crippen LogP) is 2.23. The van der Waals surface area contributed by atoms with Crippen LogP contribution in [0.15, 0.2) is 47.4 Å². The van der Waals surface area contributed by atoms with Crippen LogP contribution in [-0.4, -0.2) is 39.9 Å². The number of nitrogens with zero attached hydrogens (tertiary/aromatic N) is 3. The van der Waals surface area contributed by atoms with E-state index in [4.69, 9.17) is 15.1 Å². The minimum atomic E-state index is -0.916. The van der Waals surface area contributed by atoms with Gasteiger partial charge in [0.05, 0.1) is 11.6 Å². The third kappa shape index (κ3) is 3.80. The Morgan fingerprint density at radius 2 is 2.00 bits per heavy atom. The van der Waals surface area contributed by atoms with Crippen LogP contribution in [-0.2, 0) is 0 Å². The molecule has 0 unspecified atom stereocenters. The van der Waals surface area contributed by atoms with E-state index in [-0.39, 0.29) is 11.7 Å². The van der Waals surface area contributed by atoms with Gasteiger partial charge in [-0.2, -0.15) is 5.26 Å². The number of rotatable bonds is 3. The fraction of sp³-hybridized carbons (Fsp3) is 0.278. The van der Waals surface area contributed by atoms with Crippen LogP contribution < -0.4 is 10.3 Å². The van der Waals surface area contributed by atoms with Gasteiger partial charge in [-0.25, -0.2) is 4.79 Å². The van der Waals surface area contributed by atoms with E-state index in [1.807, 2.05) is 6.07 Å². The second-order valence-electron chi connectivity index (χ2n) is 5.82. The van der Waals surface area contributed by atoms with Gasteiger partial charge in [-0.15, -0.1) is 0 Å². The molecule has 1 fully saturated rings. The summed E-state index contributed by atoms with van der Waals surface area (Å²) in [6, 6.07) is 11.9. The van der Waals surface area contributed by atoms with Crippen molar-refractivity contribution < 1.29 is 14.6 Å². The first-order valence-corrected chi connectivity index (χ1v) is 7.94. The Labute approximate surface area is 144 Å². The number of benzene rings is 1. The van der Waals surface area contributed by atoms with Gasteiger partial charge in [0, 0.05) is 43.9 Å². The van der Waals surface area contributed by atoms with Gasteiger partial charge < -0.3 is 14.7 Å². The Hall–Kier alpha value is -3.27. The van der Waals surface area contributed by atoms with E-state index >= 15 is 0 Å². The summed E-state index contributed by atoms with van der Waals surface area (Å²) in [6.07, 6.45) is 1.79. The zero-order chi connectivity index (χ0) is 17.8. The van der Waals surface area contributed by atoms with Crippen LogP contribution in [0.1, 0.15) is 18.4 Å². The lowest BCUT2D eigenvalue weighted by molar-refractivity contribution is 0.0893. The maximum atomic E-state index is 12.3. The van der Waals surface area contributed by atoms with Crippen molar-refractivity contribution in [3.8, 4) is 17.5 Å². The predicted molar refractivity (Wildman–Crippen MR) is 90.0 cm³/mol. The number of nitriles is 1. The summed E-state index contributed by atoms with van der Waals surface area (Å²) < 4.78 is 7.26. The van der Waals surface area contributed by atoms with Crippen molar-refractivity contribution in [3.63, 3.8) is 0 Å². The molecule has 2 aromatic rings. The molecule has 0 saturated carbocycles. The van der Waals surface area contributed by atoms with Gasteiger partial charge in [0.25, 0.3) is 5.56 Å². The molecular formula is C18H17N3O4. The number of carboxylic acid groups (broad SMARTS) is 1. The molecule has 0 spiro atoms. The Kier molecular flexibility index (Phi) is 4.70. The molecule has 0 atom stereocenters. The first-order chi connectivity index (χ1) is 12.1. The summed E-state index contributed by atoms with van der Waals surface area (Å²) in [4.78, 5) is 24.6. The highest BCUT2D eigenvalue weighted by Gasteiger charge is 2.23. The average Bonchev–Trinajstić information content (AvgIpc) is 2.62. The second kappa shape index (κ2) is 7.09. The summed E-state index contributed by atoms with van der Waals surface area (Å²) in [5.41, 5.74) is 0.843. The molecule has 1 saturated heterocycles. The van der Waals surface area contributed by atoms with E-state index in [0.29, 0.717) is 42.9 Å². The molecule has 128 valence electrons. The fourth-order valence-electron chi connectivity index (χ4n) is 2.83. The molecule has 1 aromatic heterocycles. The van der Waals surface area contributed by atoms with E-state index < -0.39 is 6.09 Å². The van der Waals surface area contributed by atoms with Crippen molar-refractivity contribution in [1.82, 2.24) is 9.47 Å². The molecule has 0 aliphatic carbocycles. The Balaban J connectivity index is 1.71. The summed E-state index contributed by atoms with van der Waals surface area (Å²) in [5, 5.41) is 17.9. The molecule has 7 heteroatoms. The molecule has 7 nitrogen and oxygen atoms in total. The van der Waals surface area contributed by atoms with Gasteiger partial charge in [-0.05, 0) is 24.3 Å². The quantitative estimate of drug-likeness (QED) is 0.925. The molecule has 1 aliphatic rings. The van der Waals surface area contributed by atoms with E-state index in [9.17, 15) is 9.59 Å². The highest BCUT2D eigenvalue weighted by atomic mass is 16.5. The minimum Gasteiger partial charge on any atom is -0.490 e. The van der Waals surface area contributed by atoms with Crippen LogP contribution in [0.5, 0.6) is 5.75 Å². The normalized spacial score (nSPS) is 14.8. The zero-order valence-corrected chi connectivity index (χ0v) is 13.5. The van der Waals surface area contributed by atoms with Crippen LogP contribution >= 0.6 is 0 Å². The van der Waals surface area contributed by atoms with E-state index in [1.54, 1.807) is 36.5 Å². The topological polar surface area (TPSA) is 95.6 Å². The van der Waals surface area contributed by atoms with E-state index in [1.165, 1.54) is 15.5 Å². The first kappa shape index (κ1) is 16.6. The van der Waals surface area contributed by atoms with Crippen LogP contribution in [0.3, 0.4) is 0 Å². The van der Waals surface area contributed by atoms with E-state index in [0.717, 1.165) is 0 Å². The Bertz CT molecular complexity index is 876. The monoisotopic (exact) mass is 339 g/mol. The Morgan fingerprint density at radius 1 is 1.24 bits per heavy atom. The van der Waals surface area contributed by atoms with Gasteiger partial charge in [0.1, 0.15) is 11.9 Å². The molecule has 1 amide bonds. The summed E-state index contributed by atoms with van der Waals surface area (Å²) in [6.45, 7) is 0.857. The van der Waals surface area contributed by atoms with Gasteiger partial charge in [-0.1, -0.05) is 6.07 Å². The van der Waals surface area contributed by atoms with Crippen LogP contribution in [0, 0.1) is 11.3 Å². The number of carbonyl (C=O) groups is 1. The van der Waals surface area contributed by atoms with Gasteiger partial charge >= 0.3 is 6.09 Å². The van der Waals surface area contributed by atoms with Crippen molar-refractivity contribution in [2.75, 3.05) is 13.1 Å². The molecular weight excluding hydrogens is 322 g/mol. The second-order valence-corrected chi connectivity index (χ2v) is 5.82. The van der Waals surface area contributed by atoms with Crippen LogP contribution in [0.4, 0.5) is 4.79 Å². The lowest BCUT2D eigenvalue weighted by atomic mass is 10.1. The minimum absolute atomic E-state index is 0.104. The molecule has 1 aromatic carbocycles. The number of piperidine rings is 1. The van der Waals surface area contributed by atoms with Gasteiger partial charge in [0.15, 0.2) is 0 Å². The molecule has 1 aliphatic heterocycles. The molecule has 3 rings (SSSR count). The highest BCUT2D eigenvalue weighted by Crippen LogP contribution is 2.18. The standard InChI is InChI=1S/C18H17N3O4/c19-12-13-2-1-3-14(10-13)21-9-6-16(11-17(21)22)25-15-4-7-20(8-5-15)18(23)24/h1-3,6,9-11,15H,4-5,7-8H2,(H,23,24). The zero-order valence-electron chi connectivity index (χ0n) is 13.5. The van der Waals surface area contributed by atoms with Crippen LogP contribution in [0.2, 0.25) is 0 Å². The van der Waals surface area contributed by atoms with Crippen LogP contribution in [0.25, 0.3) is 5.69 Å². The lowest BCUT2D eigenvalue weighted by Crippen LogP contribution is -2.41. The largest absolute Gasteiger partial charge is 0.490 e. The van der Waals surface area contributed by atoms with Crippen molar-refractivity contribution in [2.45, 2.75) is 18.9 Å². The number of likely N-dealkylation sites (tertiary alicyclic amines) is 1. The smallest absolute Gasteiger partial charge is 0.407 e. The van der Waals surface area contributed by atoms with Crippen molar-refractivity contribution in [2.24, 2.45) is 0 Å². The van der Waals surface area contributed by atoms with Gasteiger partial charge in [-0.3, -0.25) is 9.36 Å². The highest BCUT2D eigenvalue weighted by molar-refractivity contribution is 5.65.